The quantitative estimate of drug-likeness (QED) is 0.542. The van der Waals surface area contributed by atoms with Crippen molar-refractivity contribution in [3.63, 3.8) is 0 Å². The lowest BCUT2D eigenvalue weighted by atomic mass is 10.0. The van der Waals surface area contributed by atoms with Crippen molar-refractivity contribution in [1.82, 2.24) is 14.8 Å². The molecule has 2 fully saturated rings. The van der Waals surface area contributed by atoms with Gasteiger partial charge in [0, 0.05) is 62.6 Å². The molecule has 0 bridgehead atoms. The summed E-state index contributed by atoms with van der Waals surface area (Å²) in [7, 11) is 0. The van der Waals surface area contributed by atoms with E-state index in [1.54, 1.807) is 11.0 Å². The SMILES string of the molecule is O=CN1CC2=C(C1)CN(C(=O)c1cc(OCC3CCOCC3)nc(C3CC3)c1)C2. The first-order valence-electron chi connectivity index (χ1n) is 10.6. The summed E-state index contributed by atoms with van der Waals surface area (Å²) in [5.41, 5.74) is 4.05. The summed E-state index contributed by atoms with van der Waals surface area (Å²) < 4.78 is 11.4. The fourth-order valence-corrected chi connectivity index (χ4v) is 4.44. The summed E-state index contributed by atoms with van der Waals surface area (Å²) in [5, 5.41) is 0. The molecule has 29 heavy (non-hydrogen) atoms. The maximum absolute atomic E-state index is 13.2. The molecular formula is C22H27N3O4. The number of ether oxygens (including phenoxy) is 2. The number of amides is 2. The molecule has 1 aromatic rings. The van der Waals surface area contributed by atoms with Crippen LogP contribution >= 0.6 is 0 Å². The standard InChI is InChI=1S/C22H27N3O4/c26-14-24-9-18-11-25(12-19(18)10-24)22(27)17-7-20(16-1-2-16)23-21(8-17)29-13-15-3-5-28-6-4-15/h7-8,14-16H,1-6,9-13H2. The van der Waals surface area contributed by atoms with Crippen molar-refractivity contribution in [3.05, 3.63) is 34.5 Å². The first kappa shape index (κ1) is 18.6. The van der Waals surface area contributed by atoms with E-state index < -0.39 is 0 Å². The van der Waals surface area contributed by atoms with E-state index in [-0.39, 0.29) is 5.91 Å². The van der Waals surface area contributed by atoms with Crippen LogP contribution in [0, 0.1) is 5.92 Å². The van der Waals surface area contributed by atoms with E-state index in [2.05, 4.69) is 4.98 Å². The molecule has 1 aromatic heterocycles. The lowest BCUT2D eigenvalue weighted by molar-refractivity contribution is -0.117. The number of hydrogen-bond acceptors (Lipinski definition) is 5. The summed E-state index contributed by atoms with van der Waals surface area (Å²) in [6.07, 6.45) is 5.17. The van der Waals surface area contributed by atoms with Crippen LogP contribution in [0.3, 0.4) is 0 Å². The van der Waals surface area contributed by atoms with Crippen molar-refractivity contribution in [3.8, 4) is 5.88 Å². The maximum atomic E-state index is 13.2. The van der Waals surface area contributed by atoms with Crippen molar-refractivity contribution in [2.45, 2.75) is 31.6 Å². The molecule has 4 aliphatic rings. The van der Waals surface area contributed by atoms with Crippen LogP contribution in [-0.2, 0) is 9.53 Å². The van der Waals surface area contributed by atoms with E-state index >= 15 is 0 Å². The maximum Gasteiger partial charge on any atom is 0.254 e. The van der Waals surface area contributed by atoms with E-state index in [4.69, 9.17) is 9.47 Å². The van der Waals surface area contributed by atoms with Gasteiger partial charge in [0.2, 0.25) is 12.3 Å². The summed E-state index contributed by atoms with van der Waals surface area (Å²) in [5.74, 6) is 1.53. The number of hydrogen-bond donors (Lipinski definition) is 0. The minimum Gasteiger partial charge on any atom is -0.477 e. The van der Waals surface area contributed by atoms with Crippen molar-refractivity contribution in [2.75, 3.05) is 46.0 Å². The smallest absolute Gasteiger partial charge is 0.254 e. The summed E-state index contributed by atoms with van der Waals surface area (Å²) in [4.78, 5) is 32.5. The number of carbonyl (C=O) groups is 2. The molecule has 0 N–H and O–H groups in total. The highest BCUT2D eigenvalue weighted by molar-refractivity contribution is 5.95. The second kappa shape index (κ2) is 7.78. The van der Waals surface area contributed by atoms with Crippen LogP contribution < -0.4 is 4.74 Å². The Morgan fingerprint density at radius 1 is 1.10 bits per heavy atom. The third-order valence-electron chi connectivity index (χ3n) is 6.36. The van der Waals surface area contributed by atoms with Gasteiger partial charge >= 0.3 is 0 Å². The predicted octanol–water partition coefficient (Wildman–Crippen LogP) is 1.99. The fraction of sp³-hybridized carbons (Fsp3) is 0.591. The van der Waals surface area contributed by atoms with Crippen molar-refractivity contribution >= 4 is 12.3 Å². The Morgan fingerprint density at radius 3 is 2.48 bits per heavy atom. The zero-order valence-corrected chi connectivity index (χ0v) is 16.6. The molecule has 0 unspecified atom stereocenters. The molecule has 3 aliphatic heterocycles. The first-order chi connectivity index (χ1) is 14.2. The number of nitrogens with zero attached hydrogens (tertiary/aromatic N) is 3. The molecule has 2 amide bonds. The van der Waals surface area contributed by atoms with Gasteiger partial charge in [0.05, 0.1) is 6.61 Å². The summed E-state index contributed by atoms with van der Waals surface area (Å²) >= 11 is 0. The van der Waals surface area contributed by atoms with Crippen LogP contribution in [0.4, 0.5) is 0 Å². The summed E-state index contributed by atoms with van der Waals surface area (Å²) in [6, 6.07) is 3.75. The van der Waals surface area contributed by atoms with Crippen LogP contribution in [0.2, 0.25) is 0 Å². The molecule has 7 nitrogen and oxygen atoms in total. The average molecular weight is 397 g/mol. The van der Waals surface area contributed by atoms with E-state index in [0.717, 1.165) is 51.0 Å². The summed E-state index contributed by atoms with van der Waals surface area (Å²) in [6.45, 7) is 4.72. The zero-order chi connectivity index (χ0) is 19.8. The molecule has 0 radical (unpaired) electrons. The molecule has 0 aromatic carbocycles. The molecule has 4 heterocycles. The minimum atomic E-state index is 0.0252. The Morgan fingerprint density at radius 2 is 1.83 bits per heavy atom. The fourth-order valence-electron chi connectivity index (χ4n) is 4.44. The molecule has 1 saturated heterocycles. The van der Waals surface area contributed by atoms with Crippen LogP contribution in [-0.4, -0.2) is 73.1 Å². The van der Waals surface area contributed by atoms with Crippen LogP contribution in [0.15, 0.2) is 23.3 Å². The van der Waals surface area contributed by atoms with Gasteiger partial charge in [0.15, 0.2) is 0 Å². The Bertz CT molecular complexity index is 824. The average Bonchev–Trinajstić information content (AvgIpc) is 3.42. The predicted molar refractivity (Wildman–Crippen MR) is 106 cm³/mol. The Balaban J connectivity index is 1.28. The van der Waals surface area contributed by atoms with E-state index in [0.29, 0.717) is 56.1 Å². The molecule has 1 saturated carbocycles. The van der Waals surface area contributed by atoms with Gasteiger partial charge in [-0.3, -0.25) is 9.59 Å². The molecule has 154 valence electrons. The molecule has 7 heteroatoms. The minimum absolute atomic E-state index is 0.0252. The molecule has 1 aliphatic carbocycles. The third kappa shape index (κ3) is 4.01. The van der Waals surface area contributed by atoms with Crippen LogP contribution in [0.25, 0.3) is 0 Å². The van der Waals surface area contributed by atoms with Crippen molar-refractivity contribution < 1.29 is 19.1 Å². The number of carbonyl (C=O) groups excluding carboxylic acids is 2. The third-order valence-corrected chi connectivity index (χ3v) is 6.36. The van der Waals surface area contributed by atoms with Gasteiger partial charge < -0.3 is 19.3 Å². The topological polar surface area (TPSA) is 72.0 Å². The highest BCUT2D eigenvalue weighted by Gasteiger charge is 2.33. The van der Waals surface area contributed by atoms with E-state index in [9.17, 15) is 9.59 Å². The van der Waals surface area contributed by atoms with Gasteiger partial charge in [0.1, 0.15) is 0 Å². The molecule has 0 spiro atoms. The van der Waals surface area contributed by atoms with Gasteiger partial charge in [-0.15, -0.1) is 0 Å². The van der Waals surface area contributed by atoms with Gasteiger partial charge in [-0.25, -0.2) is 4.98 Å². The Labute approximate surface area is 170 Å². The Kier molecular flexibility index (Phi) is 4.99. The number of aromatic nitrogens is 1. The highest BCUT2D eigenvalue weighted by atomic mass is 16.5. The number of pyridine rings is 1. The van der Waals surface area contributed by atoms with Crippen molar-refractivity contribution in [1.29, 1.82) is 0 Å². The van der Waals surface area contributed by atoms with Gasteiger partial charge in [-0.1, -0.05) is 0 Å². The van der Waals surface area contributed by atoms with Crippen molar-refractivity contribution in [2.24, 2.45) is 5.92 Å². The monoisotopic (exact) mass is 397 g/mol. The van der Waals surface area contributed by atoms with Gasteiger partial charge in [0.25, 0.3) is 5.91 Å². The second-order valence-corrected chi connectivity index (χ2v) is 8.64. The Hall–Kier alpha value is -2.41. The van der Waals surface area contributed by atoms with Gasteiger partial charge in [-0.05, 0) is 48.8 Å². The normalized spacial score (nSPS) is 22.2. The molecular weight excluding hydrogens is 370 g/mol. The van der Waals surface area contributed by atoms with Crippen LogP contribution in [0.1, 0.15) is 47.7 Å². The molecule has 5 rings (SSSR count). The largest absolute Gasteiger partial charge is 0.477 e. The van der Waals surface area contributed by atoms with E-state index in [1.807, 2.05) is 11.0 Å². The number of rotatable bonds is 6. The van der Waals surface area contributed by atoms with Crippen LogP contribution in [0.5, 0.6) is 5.88 Å². The first-order valence-corrected chi connectivity index (χ1v) is 10.6. The van der Waals surface area contributed by atoms with E-state index in [1.165, 1.54) is 11.1 Å². The van der Waals surface area contributed by atoms with Gasteiger partial charge in [-0.2, -0.15) is 0 Å². The lowest BCUT2D eigenvalue weighted by Crippen LogP contribution is -2.33. The lowest BCUT2D eigenvalue weighted by Gasteiger charge is -2.23. The zero-order valence-electron chi connectivity index (χ0n) is 16.6. The highest BCUT2D eigenvalue weighted by Crippen LogP contribution is 2.40. The second-order valence-electron chi connectivity index (χ2n) is 8.64. The molecule has 0 atom stereocenters.